The molecule has 2 aliphatic carbocycles. The maximum Gasteiger partial charge on any atom is 0.314 e. The van der Waals surface area contributed by atoms with Crippen molar-refractivity contribution in [3.8, 4) is 16.9 Å². The average Bonchev–Trinajstić information content (AvgIpc) is 4.04. The Balaban J connectivity index is 1.10. The maximum atomic E-state index is 12.1. The number of hydrogen-bond acceptors (Lipinski definition) is 8. The summed E-state index contributed by atoms with van der Waals surface area (Å²) in [5, 5.41) is 47.6. The Morgan fingerprint density at radius 1 is 1.00 bits per heavy atom. The van der Waals surface area contributed by atoms with E-state index in [4.69, 9.17) is 9.84 Å². The molecule has 7 N–H and O–H groups in total. The number of para-hydroxylation sites is 1. The van der Waals surface area contributed by atoms with Gasteiger partial charge in [-0.2, -0.15) is 0 Å². The largest absolute Gasteiger partial charge is 0.490 e. The Morgan fingerprint density at radius 3 is 2.54 bits per heavy atom. The topological polar surface area (TPSA) is 156 Å². The molecule has 4 atom stereocenters. The van der Waals surface area contributed by atoms with Crippen LogP contribution in [-0.4, -0.2) is 75.6 Å². The molecule has 2 fully saturated rings. The Morgan fingerprint density at radius 2 is 1.79 bits per heavy atom. The van der Waals surface area contributed by atoms with E-state index in [9.17, 15) is 20.1 Å². The van der Waals surface area contributed by atoms with Gasteiger partial charge in [-0.05, 0) is 97.7 Å². The number of aromatic nitrogens is 1. The molecule has 48 heavy (non-hydrogen) atoms. The van der Waals surface area contributed by atoms with E-state index in [2.05, 4.69) is 77.2 Å². The highest BCUT2D eigenvalue weighted by molar-refractivity contribution is 5.75. The molecule has 260 valence electrons. The summed E-state index contributed by atoms with van der Waals surface area (Å²) in [5.41, 5.74) is 7.29. The summed E-state index contributed by atoms with van der Waals surface area (Å²) in [4.78, 5) is 16.6. The van der Waals surface area contributed by atoms with E-state index in [-0.39, 0.29) is 25.1 Å². The summed E-state index contributed by atoms with van der Waals surface area (Å²) < 4.78 is 6.28. The first kappa shape index (κ1) is 35.8. The molecule has 0 spiro atoms. The average molecular weight is 661 g/mol. The minimum atomic E-state index is -1.44. The lowest BCUT2D eigenvalue weighted by Crippen LogP contribution is -2.47. The zero-order valence-electron chi connectivity index (χ0n) is 28.2. The van der Waals surface area contributed by atoms with Gasteiger partial charge in [0.15, 0.2) is 0 Å². The number of rotatable bonds is 19. The van der Waals surface area contributed by atoms with Gasteiger partial charge in [-0.1, -0.05) is 49.7 Å². The van der Waals surface area contributed by atoms with Crippen molar-refractivity contribution in [1.29, 1.82) is 0 Å². The zero-order chi connectivity index (χ0) is 34.1. The molecule has 3 aromatic rings. The Bertz CT molecular complexity index is 1490. The second-order valence-electron chi connectivity index (χ2n) is 13.5. The van der Waals surface area contributed by atoms with Crippen LogP contribution in [0.2, 0.25) is 0 Å². The van der Waals surface area contributed by atoms with Gasteiger partial charge in [0, 0.05) is 49.7 Å². The van der Waals surface area contributed by atoms with Crippen molar-refractivity contribution in [2.45, 2.75) is 108 Å². The molecule has 0 aliphatic heterocycles. The van der Waals surface area contributed by atoms with E-state index >= 15 is 0 Å². The fourth-order valence-corrected chi connectivity index (χ4v) is 6.17. The lowest BCUT2D eigenvalue weighted by molar-refractivity contribution is -0.0634. The third-order valence-corrected chi connectivity index (χ3v) is 9.68. The van der Waals surface area contributed by atoms with Crippen LogP contribution in [0.5, 0.6) is 5.75 Å². The van der Waals surface area contributed by atoms with Crippen LogP contribution in [0.15, 0.2) is 60.9 Å². The van der Waals surface area contributed by atoms with E-state index in [1.54, 1.807) is 0 Å². The molecule has 2 aliphatic rings. The lowest BCUT2D eigenvalue weighted by Gasteiger charge is -2.23. The number of nitrogens with one attached hydrogen (secondary N) is 3. The minimum Gasteiger partial charge on any atom is -0.490 e. The van der Waals surface area contributed by atoms with Crippen molar-refractivity contribution in [2.24, 2.45) is 0 Å². The summed E-state index contributed by atoms with van der Waals surface area (Å²) in [6.45, 7) is 5.16. The lowest BCUT2D eigenvalue weighted by atomic mass is 9.92. The fourth-order valence-electron chi connectivity index (χ4n) is 6.17. The first-order chi connectivity index (χ1) is 23.2. The summed E-state index contributed by atoms with van der Waals surface area (Å²) in [7, 11) is 0. The number of carbonyl (C=O) groups is 1. The first-order valence-electron chi connectivity index (χ1n) is 17.4. The number of ether oxygens (including phenoxy) is 1. The van der Waals surface area contributed by atoms with Crippen molar-refractivity contribution < 1.29 is 30.0 Å². The van der Waals surface area contributed by atoms with Crippen molar-refractivity contribution in [3.05, 3.63) is 83.2 Å². The van der Waals surface area contributed by atoms with Gasteiger partial charge in [-0.25, -0.2) is 4.79 Å². The van der Waals surface area contributed by atoms with Crippen LogP contribution in [0, 0.1) is 6.92 Å². The zero-order valence-corrected chi connectivity index (χ0v) is 28.2. The molecule has 10 nitrogen and oxygen atoms in total. The molecule has 2 amide bonds. The SMILES string of the molecule is Cc1ccc(C(C)CCCCNC(=O)NC[C@H](O)[C@@H](O)[C@H](O)CCO)cc1CNC1(c2cnccc2-c2ccccc2OC2CC2)CC1. The van der Waals surface area contributed by atoms with Crippen LogP contribution >= 0.6 is 0 Å². The molecule has 0 radical (unpaired) electrons. The summed E-state index contributed by atoms with van der Waals surface area (Å²) in [6, 6.07) is 16.8. The molecule has 0 bridgehead atoms. The van der Waals surface area contributed by atoms with Crippen LogP contribution in [0.3, 0.4) is 0 Å². The predicted octanol–water partition coefficient (Wildman–Crippen LogP) is 4.42. The summed E-state index contributed by atoms with van der Waals surface area (Å²) >= 11 is 0. The van der Waals surface area contributed by atoms with E-state index in [1.807, 2.05) is 18.5 Å². The highest BCUT2D eigenvalue weighted by Crippen LogP contribution is 2.50. The number of aliphatic hydroxyl groups excluding tert-OH is 4. The van der Waals surface area contributed by atoms with Gasteiger partial charge in [0.2, 0.25) is 0 Å². The van der Waals surface area contributed by atoms with Gasteiger partial charge in [-0.15, -0.1) is 0 Å². The third-order valence-electron chi connectivity index (χ3n) is 9.68. The maximum absolute atomic E-state index is 12.1. The molecule has 1 aromatic heterocycles. The van der Waals surface area contributed by atoms with Crippen LogP contribution in [0.1, 0.15) is 86.5 Å². The van der Waals surface area contributed by atoms with Gasteiger partial charge in [-0.3, -0.25) is 4.98 Å². The number of amides is 2. The molecular formula is C38H52N4O6. The van der Waals surface area contributed by atoms with E-state index in [0.29, 0.717) is 18.6 Å². The summed E-state index contributed by atoms with van der Waals surface area (Å²) in [5.74, 6) is 1.31. The predicted molar refractivity (Wildman–Crippen MR) is 186 cm³/mol. The Labute approximate surface area is 284 Å². The van der Waals surface area contributed by atoms with Crippen molar-refractivity contribution in [1.82, 2.24) is 20.9 Å². The number of aliphatic hydroxyl groups is 4. The van der Waals surface area contributed by atoms with Gasteiger partial charge < -0.3 is 41.1 Å². The van der Waals surface area contributed by atoms with Gasteiger partial charge in [0.05, 0.1) is 18.3 Å². The molecule has 1 heterocycles. The number of carbonyl (C=O) groups excluding carboxylic acids is 1. The first-order valence-corrected chi connectivity index (χ1v) is 17.4. The van der Waals surface area contributed by atoms with Crippen molar-refractivity contribution >= 4 is 6.03 Å². The molecule has 2 saturated carbocycles. The van der Waals surface area contributed by atoms with E-state index in [0.717, 1.165) is 62.8 Å². The summed E-state index contributed by atoms with van der Waals surface area (Å²) in [6.07, 6.45) is 7.25. The Kier molecular flexibility index (Phi) is 12.5. The Hall–Kier alpha value is -3.54. The standard InChI is InChI=1S/C38H52N4O6/c1-25(7-5-6-18-40-37(47)41-24-34(45)36(46)33(44)15-20-43)27-11-10-26(2)28(21-27)22-42-38(16-17-38)32-23-39-19-14-30(32)31-8-3-4-9-35(31)48-29-12-13-29/h3-4,8-11,14,19,21,23,25,29,33-34,36,42-46H,5-7,12-13,15-18,20,22,24H2,1-2H3,(H2,40,41,47)/t25?,33-,34+,36+/m1/s1. The molecule has 0 saturated heterocycles. The van der Waals surface area contributed by atoms with Crippen molar-refractivity contribution in [2.75, 3.05) is 19.7 Å². The number of pyridine rings is 1. The highest BCUT2D eigenvalue weighted by atomic mass is 16.5. The quantitative estimate of drug-likeness (QED) is 0.0933. The molecular weight excluding hydrogens is 608 g/mol. The number of aryl methyl sites for hydroxylation is 1. The van der Waals surface area contributed by atoms with Crippen LogP contribution < -0.4 is 20.7 Å². The molecule has 1 unspecified atom stereocenters. The number of nitrogens with zero attached hydrogens (tertiary/aromatic N) is 1. The van der Waals surface area contributed by atoms with Gasteiger partial charge >= 0.3 is 6.03 Å². The van der Waals surface area contributed by atoms with Crippen LogP contribution in [0.25, 0.3) is 11.1 Å². The van der Waals surface area contributed by atoms with E-state index in [1.165, 1.54) is 27.8 Å². The van der Waals surface area contributed by atoms with Crippen molar-refractivity contribution in [3.63, 3.8) is 0 Å². The van der Waals surface area contributed by atoms with Crippen LogP contribution in [-0.2, 0) is 12.1 Å². The number of benzene rings is 2. The third kappa shape index (κ3) is 9.54. The van der Waals surface area contributed by atoms with Crippen LogP contribution in [0.4, 0.5) is 4.79 Å². The molecule has 10 heteroatoms. The highest BCUT2D eigenvalue weighted by Gasteiger charge is 2.46. The number of urea groups is 1. The fraction of sp³-hybridized carbons (Fsp3) is 0.526. The molecule has 5 rings (SSSR count). The normalized spacial score (nSPS) is 17.6. The number of unbranched alkanes of at least 4 members (excludes halogenated alkanes) is 1. The van der Waals surface area contributed by atoms with E-state index < -0.39 is 24.3 Å². The monoisotopic (exact) mass is 660 g/mol. The molecule has 2 aromatic carbocycles. The number of hydrogen-bond donors (Lipinski definition) is 7. The second kappa shape index (κ2) is 16.7. The van der Waals surface area contributed by atoms with Gasteiger partial charge in [0.1, 0.15) is 11.9 Å². The smallest absolute Gasteiger partial charge is 0.314 e. The minimum absolute atomic E-state index is 0.0517. The second-order valence-corrected chi connectivity index (χ2v) is 13.5. The van der Waals surface area contributed by atoms with Gasteiger partial charge in [0.25, 0.3) is 0 Å².